The normalized spacial score (nSPS) is 12.1. The van der Waals surface area contributed by atoms with E-state index in [0.717, 1.165) is 11.4 Å². The lowest BCUT2D eigenvalue weighted by Gasteiger charge is -2.17. The topological polar surface area (TPSA) is 94.0 Å². The summed E-state index contributed by atoms with van der Waals surface area (Å²) in [6.45, 7) is 5.95. The fraction of sp³-hybridized carbons (Fsp3) is 0.571. The fourth-order valence-corrected chi connectivity index (χ4v) is 2.67. The smallest absolute Gasteiger partial charge is 0.321 e. The Morgan fingerprint density at radius 2 is 2.30 bits per heavy atom. The van der Waals surface area contributed by atoms with Crippen molar-refractivity contribution in [1.29, 1.82) is 0 Å². The minimum Gasteiger partial charge on any atom is -0.381 e. The summed E-state index contributed by atoms with van der Waals surface area (Å²) in [6, 6.07) is -0.251. The number of rotatable bonds is 9. The van der Waals surface area contributed by atoms with E-state index in [9.17, 15) is 4.79 Å². The molecule has 0 aromatic carbocycles. The van der Waals surface area contributed by atoms with Gasteiger partial charge in [0.05, 0.1) is 12.9 Å². The molecule has 0 saturated carbocycles. The average Bonchev–Trinajstić information content (AvgIpc) is 3.19. The second-order valence-corrected chi connectivity index (χ2v) is 5.97. The van der Waals surface area contributed by atoms with E-state index in [-0.39, 0.29) is 12.1 Å². The van der Waals surface area contributed by atoms with Gasteiger partial charge < -0.3 is 14.6 Å². The molecule has 0 aliphatic carbocycles. The second kappa shape index (κ2) is 9.21. The lowest BCUT2D eigenvalue weighted by molar-refractivity contribution is 0.150. The first-order valence-electron chi connectivity index (χ1n) is 7.64. The SMILES string of the molecule is CCOCCc1nnc(NC(=O)N[C@@H](CC)Cn2ccnc2)s1. The molecule has 0 spiro atoms. The number of ether oxygens (including phenoxy) is 1. The molecule has 2 amide bonds. The van der Waals surface area contributed by atoms with Crippen LogP contribution in [-0.2, 0) is 17.7 Å². The second-order valence-electron chi connectivity index (χ2n) is 4.91. The summed E-state index contributed by atoms with van der Waals surface area (Å²) in [5.41, 5.74) is 0. The van der Waals surface area contributed by atoms with Crippen LogP contribution in [0.4, 0.5) is 9.93 Å². The molecule has 0 saturated heterocycles. The Balaban J connectivity index is 1.79. The zero-order valence-corrected chi connectivity index (χ0v) is 14.2. The highest BCUT2D eigenvalue weighted by molar-refractivity contribution is 7.15. The third kappa shape index (κ3) is 5.95. The van der Waals surface area contributed by atoms with E-state index >= 15 is 0 Å². The molecule has 9 heteroatoms. The molecule has 2 N–H and O–H groups in total. The minimum absolute atomic E-state index is 0.0227. The van der Waals surface area contributed by atoms with Crippen molar-refractivity contribution < 1.29 is 9.53 Å². The van der Waals surface area contributed by atoms with Gasteiger partial charge in [-0.05, 0) is 13.3 Å². The number of anilines is 1. The van der Waals surface area contributed by atoms with Gasteiger partial charge in [-0.3, -0.25) is 5.32 Å². The Labute approximate surface area is 139 Å². The number of hydrogen-bond acceptors (Lipinski definition) is 6. The highest BCUT2D eigenvalue weighted by Gasteiger charge is 2.13. The third-order valence-corrected chi connectivity index (χ3v) is 4.07. The first-order valence-corrected chi connectivity index (χ1v) is 8.46. The number of hydrogen-bond donors (Lipinski definition) is 2. The Morgan fingerprint density at radius 3 is 3.00 bits per heavy atom. The van der Waals surface area contributed by atoms with E-state index in [4.69, 9.17) is 4.74 Å². The monoisotopic (exact) mass is 338 g/mol. The number of nitrogens with zero attached hydrogens (tertiary/aromatic N) is 4. The average molecular weight is 338 g/mol. The van der Waals surface area contributed by atoms with Crippen LogP contribution in [0.5, 0.6) is 0 Å². The molecule has 0 aliphatic rings. The van der Waals surface area contributed by atoms with Gasteiger partial charge in [0, 0.05) is 38.0 Å². The predicted octanol–water partition coefficient (Wildman–Crippen LogP) is 1.91. The zero-order chi connectivity index (χ0) is 16.5. The number of nitrogens with one attached hydrogen (secondary N) is 2. The van der Waals surface area contributed by atoms with E-state index in [2.05, 4.69) is 25.8 Å². The maximum atomic E-state index is 12.0. The molecule has 8 nitrogen and oxygen atoms in total. The van der Waals surface area contributed by atoms with Gasteiger partial charge >= 0.3 is 6.03 Å². The highest BCUT2D eigenvalue weighted by Crippen LogP contribution is 2.15. The Kier molecular flexibility index (Phi) is 6.95. The molecule has 2 aromatic heterocycles. The van der Waals surface area contributed by atoms with Gasteiger partial charge in [-0.2, -0.15) is 0 Å². The molecule has 0 bridgehead atoms. The zero-order valence-electron chi connectivity index (χ0n) is 13.4. The number of amides is 2. The lowest BCUT2D eigenvalue weighted by Crippen LogP contribution is -2.40. The summed E-state index contributed by atoms with van der Waals surface area (Å²) in [5.74, 6) is 0. The summed E-state index contributed by atoms with van der Waals surface area (Å²) in [6.07, 6.45) is 6.85. The van der Waals surface area contributed by atoms with Crippen molar-refractivity contribution >= 4 is 22.5 Å². The minimum atomic E-state index is -0.274. The number of carbonyl (C=O) groups is 1. The van der Waals surface area contributed by atoms with E-state index < -0.39 is 0 Å². The fourth-order valence-electron chi connectivity index (χ4n) is 1.95. The van der Waals surface area contributed by atoms with Gasteiger partial charge in [0.1, 0.15) is 5.01 Å². The van der Waals surface area contributed by atoms with Crippen molar-refractivity contribution in [2.24, 2.45) is 0 Å². The Bertz CT molecular complexity index is 586. The van der Waals surface area contributed by atoms with Crippen LogP contribution < -0.4 is 10.6 Å². The third-order valence-electron chi connectivity index (χ3n) is 3.17. The molecule has 126 valence electrons. The van der Waals surface area contributed by atoms with Crippen molar-refractivity contribution in [3.63, 3.8) is 0 Å². The largest absolute Gasteiger partial charge is 0.381 e. The van der Waals surface area contributed by atoms with Crippen molar-refractivity contribution in [3.8, 4) is 0 Å². The molecule has 2 heterocycles. The highest BCUT2D eigenvalue weighted by atomic mass is 32.1. The van der Waals surface area contributed by atoms with Crippen LogP contribution in [0.25, 0.3) is 0 Å². The van der Waals surface area contributed by atoms with Crippen molar-refractivity contribution in [2.75, 3.05) is 18.5 Å². The number of urea groups is 1. The van der Waals surface area contributed by atoms with Gasteiger partial charge in [-0.1, -0.05) is 18.3 Å². The van der Waals surface area contributed by atoms with E-state index in [1.165, 1.54) is 11.3 Å². The van der Waals surface area contributed by atoms with Crippen LogP contribution in [0.3, 0.4) is 0 Å². The van der Waals surface area contributed by atoms with Crippen molar-refractivity contribution in [3.05, 3.63) is 23.7 Å². The van der Waals surface area contributed by atoms with E-state index in [0.29, 0.717) is 31.3 Å². The van der Waals surface area contributed by atoms with Gasteiger partial charge in [0.15, 0.2) is 0 Å². The van der Waals surface area contributed by atoms with Crippen LogP contribution in [-0.4, -0.2) is 45.0 Å². The van der Waals surface area contributed by atoms with Crippen LogP contribution in [0.2, 0.25) is 0 Å². The first kappa shape index (κ1) is 17.4. The predicted molar refractivity (Wildman–Crippen MR) is 88.6 cm³/mol. The summed E-state index contributed by atoms with van der Waals surface area (Å²) >= 11 is 1.36. The van der Waals surface area contributed by atoms with Crippen LogP contribution >= 0.6 is 11.3 Å². The summed E-state index contributed by atoms with van der Waals surface area (Å²) in [4.78, 5) is 16.0. The molecule has 0 aliphatic heterocycles. The van der Waals surface area contributed by atoms with Gasteiger partial charge in [0.25, 0.3) is 0 Å². The summed E-state index contributed by atoms with van der Waals surface area (Å²) in [7, 11) is 0. The van der Waals surface area contributed by atoms with Crippen molar-refractivity contribution in [1.82, 2.24) is 25.1 Å². The van der Waals surface area contributed by atoms with Gasteiger partial charge in [0.2, 0.25) is 5.13 Å². The molecule has 2 rings (SSSR count). The Hall–Kier alpha value is -2.00. The summed E-state index contributed by atoms with van der Waals surface area (Å²) < 4.78 is 7.21. The molecular formula is C14H22N6O2S. The quantitative estimate of drug-likeness (QED) is 0.681. The van der Waals surface area contributed by atoms with Gasteiger partial charge in [-0.25, -0.2) is 9.78 Å². The van der Waals surface area contributed by atoms with E-state index in [1.807, 2.05) is 24.6 Å². The van der Waals surface area contributed by atoms with Crippen molar-refractivity contribution in [2.45, 2.75) is 39.3 Å². The Morgan fingerprint density at radius 1 is 1.43 bits per heavy atom. The van der Waals surface area contributed by atoms with E-state index in [1.54, 1.807) is 12.5 Å². The molecule has 2 aromatic rings. The number of aromatic nitrogens is 4. The molecule has 0 unspecified atom stereocenters. The molecule has 23 heavy (non-hydrogen) atoms. The van der Waals surface area contributed by atoms with Gasteiger partial charge in [-0.15, -0.1) is 10.2 Å². The van der Waals surface area contributed by atoms with Crippen LogP contribution in [0.15, 0.2) is 18.7 Å². The summed E-state index contributed by atoms with van der Waals surface area (Å²) in [5, 5.41) is 15.0. The van der Waals surface area contributed by atoms with Crippen LogP contribution in [0, 0.1) is 0 Å². The molecular weight excluding hydrogens is 316 g/mol. The molecule has 0 radical (unpaired) electrons. The maximum absolute atomic E-state index is 12.0. The first-order chi connectivity index (χ1) is 11.2. The molecule has 0 fully saturated rings. The molecule has 1 atom stereocenters. The van der Waals surface area contributed by atoms with Crippen LogP contribution in [0.1, 0.15) is 25.3 Å². The maximum Gasteiger partial charge on any atom is 0.321 e. The standard InChI is InChI=1S/C14H22N6O2S/c1-3-11(9-20-7-6-15-10-20)16-13(21)17-14-19-18-12(23-14)5-8-22-4-2/h6-7,10-11H,3-5,8-9H2,1-2H3,(H2,16,17,19,21)/t11-/m0/s1. The number of carbonyl (C=O) groups excluding carboxylic acids is 1. The lowest BCUT2D eigenvalue weighted by atomic mass is 10.2. The number of imidazole rings is 1.